The SMILES string of the molecule is O=c1c2ccccc2nc(C=Cc2cccc([N+](=O)[O-])c2)n1-c1cc(Br)ccc1Br. The second kappa shape index (κ2) is 8.33. The van der Waals surface area contributed by atoms with Crippen molar-refractivity contribution in [2.24, 2.45) is 0 Å². The largest absolute Gasteiger partial charge is 0.270 e. The molecule has 0 aliphatic heterocycles. The van der Waals surface area contributed by atoms with Crippen LogP contribution in [-0.4, -0.2) is 14.5 Å². The zero-order valence-corrected chi connectivity index (χ0v) is 18.5. The standard InChI is InChI=1S/C22H13Br2N3O3/c23-15-9-10-18(24)20(13-15)26-21(25-19-7-2-1-6-17(19)22(26)28)11-8-14-4-3-5-16(12-14)27(29)30/h1-13H. The summed E-state index contributed by atoms with van der Waals surface area (Å²) in [5.41, 5.74) is 1.62. The van der Waals surface area contributed by atoms with Crippen molar-refractivity contribution in [2.75, 3.05) is 0 Å². The normalized spacial score (nSPS) is 11.3. The minimum absolute atomic E-state index is 0.00394. The zero-order valence-electron chi connectivity index (χ0n) is 15.3. The van der Waals surface area contributed by atoms with E-state index in [4.69, 9.17) is 0 Å². The molecule has 3 aromatic carbocycles. The molecule has 148 valence electrons. The van der Waals surface area contributed by atoms with Crippen LogP contribution >= 0.6 is 31.9 Å². The minimum atomic E-state index is -0.444. The van der Waals surface area contributed by atoms with Crippen LogP contribution in [0, 0.1) is 10.1 Å². The van der Waals surface area contributed by atoms with E-state index in [0.29, 0.717) is 28.0 Å². The highest BCUT2D eigenvalue weighted by molar-refractivity contribution is 9.11. The Morgan fingerprint density at radius 1 is 0.967 bits per heavy atom. The number of rotatable bonds is 4. The molecule has 0 amide bonds. The van der Waals surface area contributed by atoms with Crippen molar-refractivity contribution in [3.8, 4) is 5.69 Å². The van der Waals surface area contributed by atoms with Gasteiger partial charge >= 0.3 is 0 Å². The first-order valence-electron chi connectivity index (χ1n) is 8.84. The molecule has 0 radical (unpaired) electrons. The molecule has 0 aliphatic carbocycles. The molecule has 0 N–H and O–H groups in total. The lowest BCUT2D eigenvalue weighted by atomic mass is 10.2. The van der Waals surface area contributed by atoms with E-state index in [1.165, 1.54) is 16.7 Å². The number of para-hydroxylation sites is 1. The molecule has 1 aromatic heterocycles. The van der Waals surface area contributed by atoms with Crippen LogP contribution in [0.3, 0.4) is 0 Å². The Morgan fingerprint density at radius 3 is 2.57 bits per heavy atom. The molecule has 0 saturated heterocycles. The summed E-state index contributed by atoms with van der Waals surface area (Å²) in [5.74, 6) is 0.406. The summed E-state index contributed by atoms with van der Waals surface area (Å²) in [6, 6.07) is 18.9. The summed E-state index contributed by atoms with van der Waals surface area (Å²) in [4.78, 5) is 28.6. The van der Waals surface area contributed by atoms with E-state index < -0.39 is 4.92 Å². The second-order valence-corrected chi connectivity index (χ2v) is 8.18. The fourth-order valence-corrected chi connectivity index (χ4v) is 3.84. The predicted molar refractivity (Wildman–Crippen MR) is 125 cm³/mol. The lowest BCUT2D eigenvalue weighted by Crippen LogP contribution is -2.22. The van der Waals surface area contributed by atoms with Gasteiger partial charge in [0.25, 0.3) is 11.2 Å². The van der Waals surface area contributed by atoms with Gasteiger partial charge in [0.05, 0.1) is 21.5 Å². The van der Waals surface area contributed by atoms with Crippen LogP contribution in [0.25, 0.3) is 28.7 Å². The average Bonchev–Trinajstić information content (AvgIpc) is 2.74. The Hall–Kier alpha value is -3.10. The van der Waals surface area contributed by atoms with Gasteiger partial charge in [0.1, 0.15) is 5.82 Å². The molecule has 30 heavy (non-hydrogen) atoms. The smallest absolute Gasteiger partial charge is 0.268 e. The molecule has 0 saturated carbocycles. The van der Waals surface area contributed by atoms with Crippen LogP contribution in [0.15, 0.2) is 80.5 Å². The van der Waals surface area contributed by atoms with E-state index in [-0.39, 0.29) is 11.2 Å². The van der Waals surface area contributed by atoms with Crippen molar-refractivity contribution < 1.29 is 4.92 Å². The van der Waals surface area contributed by atoms with E-state index in [0.717, 1.165) is 8.95 Å². The third-order valence-corrected chi connectivity index (χ3v) is 5.62. The number of halogens is 2. The highest BCUT2D eigenvalue weighted by Crippen LogP contribution is 2.26. The first-order valence-corrected chi connectivity index (χ1v) is 10.4. The molecule has 0 fully saturated rings. The number of non-ortho nitro benzene ring substituents is 1. The van der Waals surface area contributed by atoms with Gasteiger partial charge < -0.3 is 0 Å². The Bertz CT molecular complexity index is 1380. The number of nitro groups is 1. The average molecular weight is 527 g/mol. The summed E-state index contributed by atoms with van der Waals surface area (Å²) in [6.07, 6.45) is 3.38. The Balaban J connectivity index is 1.95. The minimum Gasteiger partial charge on any atom is -0.268 e. The monoisotopic (exact) mass is 525 g/mol. The van der Waals surface area contributed by atoms with Gasteiger partial charge in [-0.05, 0) is 57.9 Å². The zero-order chi connectivity index (χ0) is 21.3. The van der Waals surface area contributed by atoms with Gasteiger partial charge in [-0.15, -0.1) is 0 Å². The Morgan fingerprint density at radius 2 is 1.77 bits per heavy atom. The number of hydrogen-bond donors (Lipinski definition) is 0. The quantitative estimate of drug-likeness (QED) is 0.242. The van der Waals surface area contributed by atoms with E-state index in [1.807, 2.05) is 24.3 Å². The maximum atomic E-state index is 13.3. The lowest BCUT2D eigenvalue weighted by molar-refractivity contribution is -0.384. The molecule has 4 aromatic rings. The van der Waals surface area contributed by atoms with Gasteiger partial charge in [-0.1, -0.05) is 46.3 Å². The molecule has 8 heteroatoms. The molecular weight excluding hydrogens is 514 g/mol. The number of aromatic nitrogens is 2. The molecule has 0 bridgehead atoms. The summed E-state index contributed by atoms with van der Waals surface area (Å²) < 4.78 is 3.06. The van der Waals surface area contributed by atoms with Crippen LogP contribution in [0.2, 0.25) is 0 Å². The lowest BCUT2D eigenvalue weighted by Gasteiger charge is -2.13. The van der Waals surface area contributed by atoms with Gasteiger partial charge in [-0.25, -0.2) is 4.98 Å². The third-order valence-electron chi connectivity index (χ3n) is 4.46. The van der Waals surface area contributed by atoms with E-state index in [1.54, 1.807) is 42.5 Å². The Kier molecular flexibility index (Phi) is 5.61. The summed E-state index contributed by atoms with van der Waals surface area (Å²) in [5, 5.41) is 11.5. The fourth-order valence-electron chi connectivity index (χ4n) is 3.06. The third kappa shape index (κ3) is 3.96. The summed E-state index contributed by atoms with van der Waals surface area (Å²) in [6.45, 7) is 0. The molecule has 4 rings (SSSR count). The molecule has 0 atom stereocenters. The summed E-state index contributed by atoms with van der Waals surface area (Å²) in [7, 11) is 0. The first kappa shape index (κ1) is 20.2. The van der Waals surface area contributed by atoms with Crippen LogP contribution in [-0.2, 0) is 0 Å². The van der Waals surface area contributed by atoms with Gasteiger partial charge in [-0.3, -0.25) is 19.5 Å². The Labute approximate surface area is 187 Å². The molecule has 1 heterocycles. The topological polar surface area (TPSA) is 78.0 Å². The van der Waals surface area contributed by atoms with Gasteiger partial charge in [0.15, 0.2) is 0 Å². The van der Waals surface area contributed by atoms with Crippen molar-refractivity contribution in [3.63, 3.8) is 0 Å². The second-order valence-electron chi connectivity index (χ2n) is 6.41. The number of hydrogen-bond acceptors (Lipinski definition) is 4. The van der Waals surface area contributed by atoms with Gasteiger partial charge in [-0.2, -0.15) is 0 Å². The van der Waals surface area contributed by atoms with Crippen molar-refractivity contribution in [1.82, 2.24) is 9.55 Å². The summed E-state index contributed by atoms with van der Waals surface area (Å²) >= 11 is 6.96. The molecule has 0 aliphatic rings. The van der Waals surface area contributed by atoms with Gasteiger partial charge in [0, 0.05) is 21.1 Å². The number of nitro benzene ring substituents is 1. The number of nitrogens with zero attached hydrogens (tertiary/aromatic N) is 3. The van der Waals surface area contributed by atoms with Gasteiger partial charge in [0.2, 0.25) is 0 Å². The highest BCUT2D eigenvalue weighted by atomic mass is 79.9. The van der Waals surface area contributed by atoms with E-state index in [9.17, 15) is 14.9 Å². The van der Waals surface area contributed by atoms with Crippen LogP contribution < -0.4 is 5.56 Å². The van der Waals surface area contributed by atoms with Crippen molar-refractivity contribution >= 4 is 60.6 Å². The van der Waals surface area contributed by atoms with E-state index in [2.05, 4.69) is 36.8 Å². The number of benzene rings is 3. The fraction of sp³-hybridized carbons (Fsp3) is 0. The molecular formula is C22H13Br2N3O3. The van der Waals surface area contributed by atoms with Crippen LogP contribution in [0.4, 0.5) is 5.69 Å². The first-order chi connectivity index (χ1) is 14.4. The van der Waals surface area contributed by atoms with Crippen molar-refractivity contribution in [1.29, 1.82) is 0 Å². The van der Waals surface area contributed by atoms with Crippen LogP contribution in [0.5, 0.6) is 0 Å². The predicted octanol–water partition coefficient (Wildman–Crippen LogP) is 5.99. The number of fused-ring (bicyclic) bond motifs is 1. The van der Waals surface area contributed by atoms with Crippen LogP contribution in [0.1, 0.15) is 11.4 Å². The maximum Gasteiger partial charge on any atom is 0.270 e. The molecule has 0 unspecified atom stereocenters. The maximum absolute atomic E-state index is 13.3. The van der Waals surface area contributed by atoms with E-state index >= 15 is 0 Å². The highest BCUT2D eigenvalue weighted by Gasteiger charge is 2.14. The van der Waals surface area contributed by atoms with Crippen molar-refractivity contribution in [2.45, 2.75) is 0 Å². The molecule has 0 spiro atoms. The van der Waals surface area contributed by atoms with Crippen molar-refractivity contribution in [3.05, 3.63) is 108 Å². The molecule has 6 nitrogen and oxygen atoms in total.